The zero-order valence-electron chi connectivity index (χ0n) is 12.2. The first-order valence-electron chi connectivity index (χ1n) is 7.29. The number of aryl methyl sites for hydroxylation is 1. The van der Waals surface area contributed by atoms with Gasteiger partial charge in [-0.15, -0.1) is 0 Å². The van der Waals surface area contributed by atoms with Crippen molar-refractivity contribution < 1.29 is 9.53 Å². The van der Waals surface area contributed by atoms with Gasteiger partial charge in [0.25, 0.3) is 0 Å². The van der Waals surface area contributed by atoms with Crippen molar-refractivity contribution in [1.82, 2.24) is 0 Å². The molecule has 108 valence electrons. The second kappa shape index (κ2) is 6.00. The van der Waals surface area contributed by atoms with Gasteiger partial charge in [-0.3, -0.25) is 4.79 Å². The highest BCUT2D eigenvalue weighted by Crippen LogP contribution is 2.28. The Balaban J connectivity index is 1.62. The average molecular weight is 281 g/mol. The van der Waals surface area contributed by atoms with Gasteiger partial charge >= 0.3 is 0 Å². The molecule has 21 heavy (non-hydrogen) atoms. The standard InChI is InChI=1S/C18H19NO2/c1-21-16-9-6-14(7-10-16)8-11-18(20)19-13-12-15-4-2-3-5-17(15)19/h2-7,9-10H,8,11-13H2,1H3. The van der Waals surface area contributed by atoms with Gasteiger partial charge in [0.15, 0.2) is 0 Å². The molecule has 0 saturated carbocycles. The number of fused-ring (bicyclic) bond motifs is 1. The Morgan fingerprint density at radius 1 is 1.14 bits per heavy atom. The van der Waals surface area contributed by atoms with Crippen molar-refractivity contribution in [1.29, 1.82) is 0 Å². The minimum absolute atomic E-state index is 0.204. The van der Waals surface area contributed by atoms with Crippen molar-refractivity contribution in [2.75, 3.05) is 18.6 Å². The van der Waals surface area contributed by atoms with Crippen LogP contribution in [0.1, 0.15) is 17.5 Å². The molecule has 0 aliphatic carbocycles. The van der Waals surface area contributed by atoms with Crippen LogP contribution in [-0.4, -0.2) is 19.6 Å². The van der Waals surface area contributed by atoms with Crippen LogP contribution in [0.4, 0.5) is 5.69 Å². The highest BCUT2D eigenvalue weighted by atomic mass is 16.5. The maximum Gasteiger partial charge on any atom is 0.227 e. The summed E-state index contributed by atoms with van der Waals surface area (Å²) in [4.78, 5) is 14.3. The third-order valence-corrected chi connectivity index (χ3v) is 3.97. The smallest absolute Gasteiger partial charge is 0.227 e. The molecule has 0 saturated heterocycles. The number of anilines is 1. The van der Waals surface area contributed by atoms with Crippen LogP contribution in [0.5, 0.6) is 5.75 Å². The number of rotatable bonds is 4. The number of benzene rings is 2. The molecule has 3 heteroatoms. The number of amides is 1. The minimum Gasteiger partial charge on any atom is -0.497 e. The van der Waals surface area contributed by atoms with E-state index in [0.29, 0.717) is 6.42 Å². The molecule has 1 aliphatic rings. The minimum atomic E-state index is 0.204. The maximum absolute atomic E-state index is 12.4. The molecule has 0 radical (unpaired) electrons. The first-order valence-corrected chi connectivity index (χ1v) is 7.29. The van der Waals surface area contributed by atoms with E-state index in [4.69, 9.17) is 4.74 Å². The molecule has 0 spiro atoms. The zero-order chi connectivity index (χ0) is 14.7. The number of carbonyl (C=O) groups excluding carboxylic acids is 1. The van der Waals surface area contributed by atoms with Gasteiger partial charge in [-0.25, -0.2) is 0 Å². The van der Waals surface area contributed by atoms with Crippen LogP contribution in [-0.2, 0) is 17.6 Å². The van der Waals surface area contributed by atoms with Gasteiger partial charge in [0.2, 0.25) is 5.91 Å². The predicted octanol–water partition coefficient (Wildman–Crippen LogP) is 3.22. The first-order chi connectivity index (χ1) is 10.3. The molecule has 0 aromatic heterocycles. The Morgan fingerprint density at radius 3 is 2.67 bits per heavy atom. The van der Waals surface area contributed by atoms with Crippen LogP contribution in [0.25, 0.3) is 0 Å². The third kappa shape index (κ3) is 2.92. The average Bonchev–Trinajstić information content (AvgIpc) is 2.97. The van der Waals surface area contributed by atoms with Crippen molar-refractivity contribution in [3.05, 3.63) is 59.7 Å². The van der Waals surface area contributed by atoms with Crippen molar-refractivity contribution in [3.8, 4) is 5.75 Å². The number of hydrogen-bond acceptors (Lipinski definition) is 2. The summed E-state index contributed by atoms with van der Waals surface area (Å²) in [6, 6.07) is 16.1. The van der Waals surface area contributed by atoms with E-state index >= 15 is 0 Å². The molecule has 1 heterocycles. The van der Waals surface area contributed by atoms with Crippen LogP contribution < -0.4 is 9.64 Å². The van der Waals surface area contributed by atoms with E-state index in [-0.39, 0.29) is 5.91 Å². The van der Waals surface area contributed by atoms with E-state index in [2.05, 4.69) is 6.07 Å². The molecule has 3 rings (SSSR count). The third-order valence-electron chi connectivity index (χ3n) is 3.97. The molecule has 0 unspecified atom stereocenters. The lowest BCUT2D eigenvalue weighted by atomic mass is 10.1. The quantitative estimate of drug-likeness (QED) is 0.861. The molecule has 2 aromatic carbocycles. The molecular weight excluding hydrogens is 262 g/mol. The van der Waals surface area contributed by atoms with Crippen LogP contribution in [0.3, 0.4) is 0 Å². The topological polar surface area (TPSA) is 29.5 Å². The van der Waals surface area contributed by atoms with Gasteiger partial charge in [-0.2, -0.15) is 0 Å². The van der Waals surface area contributed by atoms with Gasteiger partial charge in [-0.1, -0.05) is 30.3 Å². The van der Waals surface area contributed by atoms with Crippen molar-refractivity contribution >= 4 is 11.6 Å². The molecule has 1 aliphatic heterocycles. The van der Waals surface area contributed by atoms with Gasteiger partial charge in [0, 0.05) is 18.7 Å². The normalized spacial score (nSPS) is 13.1. The fraction of sp³-hybridized carbons (Fsp3) is 0.278. The number of ether oxygens (including phenoxy) is 1. The van der Waals surface area contributed by atoms with Crippen molar-refractivity contribution in [3.63, 3.8) is 0 Å². The van der Waals surface area contributed by atoms with E-state index in [1.807, 2.05) is 47.4 Å². The lowest BCUT2D eigenvalue weighted by Crippen LogP contribution is -2.29. The van der Waals surface area contributed by atoms with Crippen molar-refractivity contribution in [2.45, 2.75) is 19.3 Å². The Morgan fingerprint density at radius 2 is 1.90 bits per heavy atom. The van der Waals surface area contributed by atoms with Gasteiger partial charge in [0.1, 0.15) is 5.75 Å². The molecule has 2 aromatic rings. The molecule has 3 nitrogen and oxygen atoms in total. The summed E-state index contributed by atoms with van der Waals surface area (Å²) in [6.45, 7) is 0.806. The number of hydrogen-bond donors (Lipinski definition) is 0. The van der Waals surface area contributed by atoms with Gasteiger partial charge in [-0.05, 0) is 42.2 Å². The summed E-state index contributed by atoms with van der Waals surface area (Å²) in [5, 5.41) is 0. The largest absolute Gasteiger partial charge is 0.497 e. The highest BCUT2D eigenvalue weighted by molar-refractivity contribution is 5.95. The van der Waals surface area contributed by atoms with Gasteiger partial charge < -0.3 is 9.64 Å². The number of methoxy groups -OCH3 is 1. The fourth-order valence-corrected chi connectivity index (χ4v) is 2.78. The summed E-state index contributed by atoms with van der Waals surface area (Å²) < 4.78 is 5.14. The summed E-state index contributed by atoms with van der Waals surface area (Å²) in [5.41, 5.74) is 3.52. The lowest BCUT2D eigenvalue weighted by molar-refractivity contribution is -0.118. The summed E-state index contributed by atoms with van der Waals surface area (Å²) in [6.07, 6.45) is 2.27. The number of nitrogens with zero attached hydrogens (tertiary/aromatic N) is 1. The van der Waals surface area contributed by atoms with Crippen LogP contribution >= 0.6 is 0 Å². The molecule has 1 amide bonds. The predicted molar refractivity (Wildman–Crippen MR) is 83.8 cm³/mol. The molecule has 0 fully saturated rings. The second-order valence-corrected chi connectivity index (χ2v) is 5.27. The molecule has 0 bridgehead atoms. The fourth-order valence-electron chi connectivity index (χ4n) is 2.78. The second-order valence-electron chi connectivity index (χ2n) is 5.27. The number of carbonyl (C=O) groups is 1. The van der Waals surface area contributed by atoms with E-state index in [9.17, 15) is 4.79 Å². The summed E-state index contributed by atoms with van der Waals surface area (Å²) >= 11 is 0. The molecular formula is C18H19NO2. The Hall–Kier alpha value is -2.29. The van der Waals surface area contributed by atoms with E-state index < -0.39 is 0 Å². The SMILES string of the molecule is COc1ccc(CCC(=O)N2CCc3ccccc32)cc1. The van der Waals surface area contributed by atoms with E-state index in [1.165, 1.54) is 5.56 Å². The summed E-state index contributed by atoms with van der Waals surface area (Å²) in [7, 11) is 1.66. The van der Waals surface area contributed by atoms with Crippen LogP contribution in [0, 0.1) is 0 Å². The zero-order valence-corrected chi connectivity index (χ0v) is 12.2. The van der Waals surface area contributed by atoms with Crippen LogP contribution in [0.2, 0.25) is 0 Å². The summed E-state index contributed by atoms with van der Waals surface area (Å²) in [5.74, 6) is 1.05. The lowest BCUT2D eigenvalue weighted by Gasteiger charge is -2.17. The first kappa shape index (κ1) is 13.7. The van der Waals surface area contributed by atoms with Crippen molar-refractivity contribution in [2.24, 2.45) is 0 Å². The number of para-hydroxylation sites is 1. The monoisotopic (exact) mass is 281 g/mol. The van der Waals surface area contributed by atoms with E-state index in [0.717, 1.165) is 36.4 Å². The maximum atomic E-state index is 12.4. The Kier molecular flexibility index (Phi) is 3.91. The van der Waals surface area contributed by atoms with Gasteiger partial charge in [0.05, 0.1) is 7.11 Å². The van der Waals surface area contributed by atoms with Crippen LogP contribution in [0.15, 0.2) is 48.5 Å². The Bertz CT molecular complexity index is 634. The highest BCUT2D eigenvalue weighted by Gasteiger charge is 2.23. The Labute approximate surface area is 125 Å². The van der Waals surface area contributed by atoms with E-state index in [1.54, 1.807) is 7.11 Å². The molecule has 0 atom stereocenters. The molecule has 0 N–H and O–H groups in total.